The quantitative estimate of drug-likeness (QED) is 0.918. The lowest BCUT2D eigenvalue weighted by Gasteiger charge is -2.10. The van der Waals surface area contributed by atoms with Crippen LogP contribution in [-0.4, -0.2) is 20.9 Å². The molecule has 0 fully saturated rings. The van der Waals surface area contributed by atoms with Crippen molar-refractivity contribution in [2.75, 3.05) is 0 Å². The Balaban J connectivity index is 2.21. The molecule has 0 spiro atoms. The average Bonchev–Trinajstić information content (AvgIpc) is 2.99. The maximum atomic E-state index is 11.3. The molecule has 0 bridgehead atoms. The van der Waals surface area contributed by atoms with Gasteiger partial charge < -0.3 is 5.11 Å². The van der Waals surface area contributed by atoms with Crippen LogP contribution >= 0.6 is 0 Å². The highest BCUT2D eigenvalue weighted by Gasteiger charge is 2.27. The molecular weight excluding hydrogens is 240 g/mol. The summed E-state index contributed by atoms with van der Waals surface area (Å²) in [5, 5.41) is 13.6. The van der Waals surface area contributed by atoms with Gasteiger partial charge >= 0.3 is 5.97 Å². The SMILES string of the molecule is CCc1ccccc1-n1nc(C(=O)O)c2c1CCC2. The van der Waals surface area contributed by atoms with Gasteiger partial charge in [-0.3, -0.25) is 0 Å². The monoisotopic (exact) mass is 256 g/mol. The summed E-state index contributed by atoms with van der Waals surface area (Å²) in [6.45, 7) is 2.10. The van der Waals surface area contributed by atoms with Crippen molar-refractivity contribution < 1.29 is 9.90 Å². The Labute approximate surface area is 111 Å². The van der Waals surface area contributed by atoms with E-state index in [0.717, 1.165) is 42.6 Å². The number of benzene rings is 1. The molecule has 2 aromatic rings. The lowest BCUT2D eigenvalue weighted by atomic mass is 10.1. The summed E-state index contributed by atoms with van der Waals surface area (Å²) < 4.78 is 1.84. The van der Waals surface area contributed by atoms with Crippen molar-refractivity contribution in [1.82, 2.24) is 9.78 Å². The van der Waals surface area contributed by atoms with E-state index in [1.54, 1.807) is 0 Å². The number of hydrogen-bond donors (Lipinski definition) is 1. The molecule has 1 aliphatic rings. The van der Waals surface area contributed by atoms with Crippen LogP contribution in [-0.2, 0) is 19.3 Å². The minimum Gasteiger partial charge on any atom is -0.476 e. The molecule has 4 nitrogen and oxygen atoms in total. The summed E-state index contributed by atoms with van der Waals surface area (Å²) in [5.74, 6) is -0.925. The molecular formula is C15H16N2O2. The van der Waals surface area contributed by atoms with Crippen molar-refractivity contribution in [3.63, 3.8) is 0 Å². The lowest BCUT2D eigenvalue weighted by Crippen LogP contribution is -2.06. The zero-order valence-electron chi connectivity index (χ0n) is 10.9. The molecule has 1 aromatic carbocycles. The van der Waals surface area contributed by atoms with Crippen LogP contribution < -0.4 is 0 Å². The van der Waals surface area contributed by atoms with Crippen LogP contribution in [0.1, 0.15) is 40.7 Å². The van der Waals surface area contributed by atoms with Crippen LogP contribution in [0.4, 0.5) is 0 Å². The highest BCUT2D eigenvalue weighted by molar-refractivity contribution is 5.87. The van der Waals surface area contributed by atoms with Crippen LogP contribution in [0.25, 0.3) is 5.69 Å². The van der Waals surface area contributed by atoms with Gasteiger partial charge in [-0.25, -0.2) is 9.48 Å². The number of fused-ring (bicyclic) bond motifs is 1. The predicted molar refractivity (Wildman–Crippen MR) is 71.9 cm³/mol. The fourth-order valence-corrected chi connectivity index (χ4v) is 2.82. The molecule has 0 aliphatic heterocycles. The first-order chi connectivity index (χ1) is 9.22. The summed E-state index contributed by atoms with van der Waals surface area (Å²) in [7, 11) is 0. The maximum Gasteiger partial charge on any atom is 0.356 e. The zero-order valence-corrected chi connectivity index (χ0v) is 10.9. The van der Waals surface area contributed by atoms with Crippen LogP contribution in [0, 0.1) is 0 Å². The Morgan fingerprint density at radius 3 is 2.89 bits per heavy atom. The van der Waals surface area contributed by atoms with Gasteiger partial charge in [0, 0.05) is 11.3 Å². The van der Waals surface area contributed by atoms with Crippen LogP contribution in [0.5, 0.6) is 0 Å². The van der Waals surface area contributed by atoms with E-state index >= 15 is 0 Å². The largest absolute Gasteiger partial charge is 0.476 e. The standard InChI is InChI=1S/C15H16N2O2/c1-2-10-6-3-4-8-12(10)17-13-9-5-7-11(13)14(16-17)15(18)19/h3-4,6,8H,2,5,7,9H2,1H3,(H,18,19). The molecule has 19 heavy (non-hydrogen) atoms. The van der Waals surface area contributed by atoms with E-state index in [1.165, 1.54) is 5.56 Å². The van der Waals surface area contributed by atoms with E-state index in [2.05, 4.69) is 18.1 Å². The van der Waals surface area contributed by atoms with Crippen molar-refractivity contribution in [1.29, 1.82) is 0 Å². The minimum absolute atomic E-state index is 0.221. The first kappa shape index (κ1) is 12.0. The van der Waals surface area contributed by atoms with E-state index in [9.17, 15) is 9.90 Å². The van der Waals surface area contributed by atoms with Gasteiger partial charge in [-0.1, -0.05) is 25.1 Å². The number of carboxylic acid groups (broad SMARTS) is 1. The topological polar surface area (TPSA) is 55.1 Å². The van der Waals surface area contributed by atoms with Crippen molar-refractivity contribution in [3.8, 4) is 5.69 Å². The molecule has 0 saturated carbocycles. The molecule has 0 saturated heterocycles. The Morgan fingerprint density at radius 2 is 2.16 bits per heavy atom. The van der Waals surface area contributed by atoms with Crippen LogP contribution in [0.15, 0.2) is 24.3 Å². The first-order valence-electron chi connectivity index (χ1n) is 6.64. The summed E-state index contributed by atoms with van der Waals surface area (Å²) in [5.41, 5.74) is 4.41. The second kappa shape index (κ2) is 4.53. The summed E-state index contributed by atoms with van der Waals surface area (Å²) in [6, 6.07) is 8.05. The highest BCUT2D eigenvalue weighted by Crippen LogP contribution is 2.29. The van der Waals surface area contributed by atoms with Gasteiger partial charge in [-0.05, 0) is 37.3 Å². The Hall–Kier alpha value is -2.10. The van der Waals surface area contributed by atoms with E-state index in [1.807, 2.05) is 22.9 Å². The normalized spacial score (nSPS) is 13.5. The first-order valence-corrected chi connectivity index (χ1v) is 6.64. The van der Waals surface area contributed by atoms with Gasteiger partial charge in [0.1, 0.15) is 0 Å². The van der Waals surface area contributed by atoms with E-state index < -0.39 is 5.97 Å². The number of aryl methyl sites for hydroxylation is 1. The number of nitrogens with zero attached hydrogens (tertiary/aromatic N) is 2. The van der Waals surface area contributed by atoms with Crippen molar-refractivity contribution in [2.24, 2.45) is 0 Å². The number of carboxylic acids is 1. The van der Waals surface area contributed by atoms with Gasteiger partial charge in [-0.15, -0.1) is 0 Å². The molecule has 1 N–H and O–H groups in total. The van der Waals surface area contributed by atoms with Gasteiger partial charge in [0.15, 0.2) is 5.69 Å². The molecule has 0 amide bonds. The van der Waals surface area contributed by atoms with Crippen molar-refractivity contribution in [3.05, 3.63) is 46.8 Å². The number of rotatable bonds is 3. The smallest absolute Gasteiger partial charge is 0.356 e. The zero-order chi connectivity index (χ0) is 13.4. The highest BCUT2D eigenvalue weighted by atomic mass is 16.4. The molecule has 0 radical (unpaired) electrons. The Morgan fingerprint density at radius 1 is 1.37 bits per heavy atom. The molecule has 1 aliphatic carbocycles. The summed E-state index contributed by atoms with van der Waals surface area (Å²) in [4.78, 5) is 11.3. The summed E-state index contributed by atoms with van der Waals surface area (Å²) >= 11 is 0. The van der Waals surface area contributed by atoms with Gasteiger partial charge in [0.2, 0.25) is 0 Å². The molecule has 1 heterocycles. The third kappa shape index (κ3) is 1.84. The fourth-order valence-electron chi connectivity index (χ4n) is 2.82. The second-order valence-electron chi connectivity index (χ2n) is 4.83. The summed E-state index contributed by atoms with van der Waals surface area (Å²) in [6.07, 6.45) is 3.66. The second-order valence-corrected chi connectivity index (χ2v) is 4.83. The Kier molecular flexibility index (Phi) is 2.85. The number of aromatic carboxylic acids is 1. The minimum atomic E-state index is -0.925. The number of para-hydroxylation sites is 1. The molecule has 4 heteroatoms. The molecule has 0 atom stereocenters. The number of hydrogen-bond acceptors (Lipinski definition) is 2. The van der Waals surface area contributed by atoms with E-state index in [-0.39, 0.29) is 5.69 Å². The van der Waals surface area contributed by atoms with Gasteiger partial charge in [0.25, 0.3) is 0 Å². The number of carbonyl (C=O) groups is 1. The molecule has 0 unspecified atom stereocenters. The van der Waals surface area contributed by atoms with Crippen LogP contribution in [0.2, 0.25) is 0 Å². The number of aromatic nitrogens is 2. The average molecular weight is 256 g/mol. The van der Waals surface area contributed by atoms with Crippen LogP contribution in [0.3, 0.4) is 0 Å². The van der Waals surface area contributed by atoms with E-state index in [0.29, 0.717) is 0 Å². The fraction of sp³-hybridized carbons (Fsp3) is 0.333. The third-order valence-corrected chi connectivity index (χ3v) is 3.73. The van der Waals surface area contributed by atoms with E-state index in [4.69, 9.17) is 0 Å². The van der Waals surface area contributed by atoms with Gasteiger partial charge in [0.05, 0.1) is 5.69 Å². The Bertz CT molecular complexity index is 644. The van der Waals surface area contributed by atoms with Gasteiger partial charge in [-0.2, -0.15) is 5.10 Å². The lowest BCUT2D eigenvalue weighted by molar-refractivity contribution is 0.0689. The third-order valence-electron chi connectivity index (χ3n) is 3.73. The van der Waals surface area contributed by atoms with Crippen molar-refractivity contribution >= 4 is 5.97 Å². The predicted octanol–water partition coefficient (Wildman–Crippen LogP) is 2.62. The molecule has 3 rings (SSSR count). The molecule has 98 valence electrons. The molecule has 1 aromatic heterocycles. The van der Waals surface area contributed by atoms with Crippen molar-refractivity contribution in [2.45, 2.75) is 32.6 Å². The maximum absolute atomic E-state index is 11.3.